The predicted molar refractivity (Wildman–Crippen MR) is 132 cm³/mol. The maximum Gasteiger partial charge on any atom is 0.0722 e. The third-order valence-corrected chi connectivity index (χ3v) is 5.62. The van der Waals surface area contributed by atoms with E-state index in [0.717, 1.165) is 23.2 Å². The first-order chi connectivity index (χ1) is 15.3. The van der Waals surface area contributed by atoms with Crippen LogP contribution in [0.4, 0.5) is 11.4 Å². The summed E-state index contributed by atoms with van der Waals surface area (Å²) >= 11 is 0. The Morgan fingerprint density at radius 2 is 1.35 bits per heavy atom. The minimum absolute atomic E-state index is 0.301. The molecule has 0 aromatic heterocycles. The molecule has 0 bridgehead atoms. The van der Waals surface area contributed by atoms with Gasteiger partial charge in [0.2, 0.25) is 0 Å². The summed E-state index contributed by atoms with van der Waals surface area (Å²) in [5.74, 6) is 0. The van der Waals surface area contributed by atoms with Gasteiger partial charge in [-0.05, 0) is 40.8 Å². The molecule has 0 radical (unpaired) electrons. The highest BCUT2D eigenvalue weighted by molar-refractivity contribution is 5.86. The SMILES string of the molecule is C(=Cc1cc2c(cc1N=Cc1ccccc1)NC(c1ccccc1)C2)c1ccccc1. The number of nitrogens with one attached hydrogen (secondary N) is 1. The molecule has 0 aliphatic carbocycles. The van der Waals surface area contributed by atoms with Crippen LogP contribution in [0.15, 0.2) is 108 Å². The third-order valence-electron chi connectivity index (χ3n) is 5.62. The number of benzene rings is 4. The van der Waals surface area contributed by atoms with E-state index < -0.39 is 0 Å². The van der Waals surface area contributed by atoms with Crippen molar-refractivity contribution in [1.82, 2.24) is 0 Å². The van der Waals surface area contributed by atoms with E-state index >= 15 is 0 Å². The molecule has 150 valence electrons. The van der Waals surface area contributed by atoms with E-state index in [9.17, 15) is 0 Å². The maximum atomic E-state index is 4.85. The monoisotopic (exact) mass is 400 g/mol. The Morgan fingerprint density at radius 1 is 0.710 bits per heavy atom. The van der Waals surface area contributed by atoms with Crippen LogP contribution < -0.4 is 5.32 Å². The zero-order chi connectivity index (χ0) is 20.9. The fourth-order valence-electron chi connectivity index (χ4n) is 3.98. The van der Waals surface area contributed by atoms with E-state index in [4.69, 9.17) is 4.99 Å². The van der Waals surface area contributed by atoms with Gasteiger partial charge in [0.15, 0.2) is 0 Å². The Balaban J connectivity index is 1.50. The second-order valence-corrected chi connectivity index (χ2v) is 7.79. The molecule has 1 unspecified atom stereocenters. The Kier molecular flexibility index (Phi) is 5.44. The molecule has 0 fully saturated rings. The summed E-state index contributed by atoms with van der Waals surface area (Å²) in [5.41, 5.74) is 8.19. The van der Waals surface area contributed by atoms with Crippen LogP contribution in [0.5, 0.6) is 0 Å². The van der Waals surface area contributed by atoms with Crippen molar-refractivity contribution in [2.45, 2.75) is 12.5 Å². The highest BCUT2D eigenvalue weighted by atomic mass is 15.0. The topological polar surface area (TPSA) is 24.4 Å². The quantitative estimate of drug-likeness (QED) is 0.275. The van der Waals surface area contributed by atoms with Crippen molar-refractivity contribution in [3.8, 4) is 0 Å². The molecule has 0 spiro atoms. The van der Waals surface area contributed by atoms with E-state index in [1.165, 1.54) is 22.4 Å². The molecule has 1 heterocycles. The van der Waals surface area contributed by atoms with Crippen LogP contribution in [0, 0.1) is 0 Å². The number of aliphatic imine (C=N–C) groups is 1. The van der Waals surface area contributed by atoms with Crippen LogP contribution in [0.25, 0.3) is 12.2 Å². The van der Waals surface area contributed by atoms with E-state index in [-0.39, 0.29) is 0 Å². The maximum absolute atomic E-state index is 4.85. The molecule has 0 saturated heterocycles. The van der Waals surface area contributed by atoms with Crippen LogP contribution in [0.3, 0.4) is 0 Å². The summed E-state index contributed by atoms with van der Waals surface area (Å²) in [7, 11) is 0. The van der Waals surface area contributed by atoms with Gasteiger partial charge in [0.1, 0.15) is 0 Å². The Labute approximate surface area is 183 Å². The van der Waals surface area contributed by atoms with Crippen molar-refractivity contribution < 1.29 is 0 Å². The molecular weight excluding hydrogens is 376 g/mol. The van der Waals surface area contributed by atoms with Crippen LogP contribution in [-0.4, -0.2) is 6.21 Å². The van der Waals surface area contributed by atoms with Crippen molar-refractivity contribution in [2.24, 2.45) is 4.99 Å². The van der Waals surface area contributed by atoms with Gasteiger partial charge in [-0.25, -0.2) is 0 Å². The molecule has 2 nitrogen and oxygen atoms in total. The zero-order valence-corrected chi connectivity index (χ0v) is 17.3. The summed E-state index contributed by atoms with van der Waals surface area (Å²) in [6.45, 7) is 0. The summed E-state index contributed by atoms with van der Waals surface area (Å²) in [4.78, 5) is 4.85. The largest absolute Gasteiger partial charge is 0.378 e. The minimum atomic E-state index is 0.301. The standard InChI is InChI=1S/C29H24N2/c1-4-10-22(11-5-1)16-17-25-18-26-19-28(24-14-8-3-9-15-24)31-29(26)20-27(25)30-21-23-12-6-2-7-13-23/h1-18,20-21,28,31H,19H2. The van der Waals surface area contributed by atoms with Crippen molar-refractivity contribution in [2.75, 3.05) is 5.32 Å². The van der Waals surface area contributed by atoms with Crippen LogP contribution in [-0.2, 0) is 6.42 Å². The summed E-state index contributed by atoms with van der Waals surface area (Å²) < 4.78 is 0. The van der Waals surface area contributed by atoms with Gasteiger partial charge >= 0.3 is 0 Å². The van der Waals surface area contributed by atoms with Crippen molar-refractivity contribution in [1.29, 1.82) is 0 Å². The number of rotatable bonds is 5. The van der Waals surface area contributed by atoms with Gasteiger partial charge < -0.3 is 5.32 Å². The van der Waals surface area contributed by atoms with Crippen LogP contribution in [0.2, 0.25) is 0 Å². The number of hydrogen-bond acceptors (Lipinski definition) is 2. The highest BCUT2D eigenvalue weighted by Crippen LogP contribution is 2.39. The molecule has 4 aromatic carbocycles. The lowest BCUT2D eigenvalue weighted by atomic mass is 10.0. The van der Waals surface area contributed by atoms with Gasteiger partial charge in [-0.2, -0.15) is 0 Å². The van der Waals surface area contributed by atoms with Gasteiger partial charge in [-0.3, -0.25) is 4.99 Å². The molecule has 31 heavy (non-hydrogen) atoms. The van der Waals surface area contributed by atoms with Crippen LogP contribution in [0.1, 0.15) is 33.9 Å². The van der Waals surface area contributed by atoms with Gasteiger partial charge in [0.05, 0.1) is 11.7 Å². The van der Waals surface area contributed by atoms with Crippen LogP contribution >= 0.6 is 0 Å². The first kappa shape index (κ1) is 19.1. The van der Waals surface area contributed by atoms with Gasteiger partial charge in [0, 0.05) is 17.5 Å². The Bertz CT molecular complexity index is 1130. The van der Waals surface area contributed by atoms with Gasteiger partial charge in [-0.1, -0.05) is 103 Å². The number of anilines is 1. The summed E-state index contributed by atoms with van der Waals surface area (Å²) in [6, 6.07) is 36.0. The van der Waals surface area contributed by atoms with Crippen molar-refractivity contribution >= 4 is 29.7 Å². The molecule has 2 heteroatoms. The fourth-order valence-corrected chi connectivity index (χ4v) is 3.98. The molecule has 0 amide bonds. The summed E-state index contributed by atoms with van der Waals surface area (Å²) in [6.07, 6.45) is 7.24. The summed E-state index contributed by atoms with van der Waals surface area (Å²) in [5, 5.41) is 3.69. The predicted octanol–water partition coefficient (Wildman–Crippen LogP) is 7.32. The third kappa shape index (κ3) is 4.49. The first-order valence-corrected chi connectivity index (χ1v) is 10.7. The number of hydrogen-bond donors (Lipinski definition) is 1. The second-order valence-electron chi connectivity index (χ2n) is 7.79. The average Bonchev–Trinajstić information content (AvgIpc) is 3.26. The molecule has 4 aromatic rings. The molecule has 1 atom stereocenters. The Morgan fingerprint density at radius 3 is 2.06 bits per heavy atom. The molecule has 1 N–H and O–H groups in total. The average molecular weight is 401 g/mol. The second kappa shape index (κ2) is 8.85. The number of fused-ring (bicyclic) bond motifs is 1. The first-order valence-electron chi connectivity index (χ1n) is 10.7. The molecule has 1 aliphatic rings. The number of nitrogens with zero attached hydrogens (tertiary/aromatic N) is 1. The molecule has 5 rings (SSSR count). The lowest BCUT2D eigenvalue weighted by molar-refractivity contribution is 0.824. The normalized spacial score (nSPS) is 15.3. The van der Waals surface area contributed by atoms with Gasteiger partial charge in [-0.15, -0.1) is 0 Å². The van der Waals surface area contributed by atoms with Crippen molar-refractivity contribution in [3.63, 3.8) is 0 Å². The lowest BCUT2D eigenvalue weighted by Crippen LogP contribution is -2.04. The van der Waals surface area contributed by atoms with E-state index in [1.807, 2.05) is 30.5 Å². The smallest absolute Gasteiger partial charge is 0.0722 e. The molecule has 0 saturated carbocycles. The zero-order valence-electron chi connectivity index (χ0n) is 17.3. The Hall–Kier alpha value is -3.91. The van der Waals surface area contributed by atoms with E-state index in [0.29, 0.717) is 6.04 Å². The molecular formula is C29H24N2. The highest BCUT2D eigenvalue weighted by Gasteiger charge is 2.23. The van der Waals surface area contributed by atoms with Crippen molar-refractivity contribution in [3.05, 3.63) is 131 Å². The molecule has 1 aliphatic heterocycles. The van der Waals surface area contributed by atoms with Gasteiger partial charge in [0.25, 0.3) is 0 Å². The van der Waals surface area contributed by atoms with E-state index in [2.05, 4.69) is 96.3 Å². The van der Waals surface area contributed by atoms with E-state index in [1.54, 1.807) is 0 Å². The minimum Gasteiger partial charge on any atom is -0.378 e. The fraction of sp³-hybridized carbons (Fsp3) is 0.0690. The lowest BCUT2D eigenvalue weighted by Gasteiger charge is -2.11.